The first-order valence-electron chi connectivity index (χ1n) is 7.60. The van der Waals surface area contributed by atoms with Crippen molar-refractivity contribution in [3.05, 3.63) is 48.2 Å². The van der Waals surface area contributed by atoms with Crippen LogP contribution in [0.1, 0.15) is 24.2 Å². The molecule has 1 heterocycles. The van der Waals surface area contributed by atoms with Gasteiger partial charge >= 0.3 is 0 Å². The molecule has 1 aromatic heterocycles. The van der Waals surface area contributed by atoms with E-state index in [1.165, 1.54) is 0 Å². The monoisotopic (exact) mass is 386 g/mol. The molecule has 0 unspecified atom stereocenters. The van der Waals surface area contributed by atoms with Gasteiger partial charge in [-0.15, -0.1) is 24.8 Å². The maximum Gasteiger partial charge on any atom is 0.255 e. The molecule has 0 aliphatic rings. The summed E-state index contributed by atoms with van der Waals surface area (Å²) in [4.78, 5) is 16.6. The van der Waals surface area contributed by atoms with Gasteiger partial charge in [0.05, 0.1) is 12.2 Å². The lowest BCUT2D eigenvalue weighted by atomic mass is 10.2. The highest BCUT2D eigenvalue weighted by atomic mass is 35.5. The number of carbonyl (C=O) groups is 1. The van der Waals surface area contributed by atoms with Crippen molar-refractivity contribution in [2.75, 3.05) is 18.5 Å². The summed E-state index contributed by atoms with van der Waals surface area (Å²) in [7, 11) is 0. The normalized spacial score (nSPS) is 10.7. The summed E-state index contributed by atoms with van der Waals surface area (Å²) in [5.74, 6) is 1.09. The minimum absolute atomic E-state index is 0. The molecule has 0 saturated carbocycles. The van der Waals surface area contributed by atoms with Crippen LogP contribution in [-0.2, 0) is 0 Å². The molecular weight excluding hydrogens is 363 g/mol. The van der Waals surface area contributed by atoms with Gasteiger partial charge in [-0.2, -0.15) is 0 Å². The molecule has 6 nitrogen and oxygen atoms in total. The van der Waals surface area contributed by atoms with Crippen LogP contribution >= 0.6 is 24.8 Å². The van der Waals surface area contributed by atoms with Gasteiger partial charge < -0.3 is 21.1 Å². The van der Waals surface area contributed by atoms with Gasteiger partial charge in [0.15, 0.2) is 0 Å². The second-order valence-electron chi connectivity index (χ2n) is 5.09. The second-order valence-corrected chi connectivity index (χ2v) is 5.09. The summed E-state index contributed by atoms with van der Waals surface area (Å²) in [5, 5.41) is 5.99. The van der Waals surface area contributed by atoms with Crippen molar-refractivity contribution >= 4 is 42.2 Å². The number of nitrogens with zero attached hydrogens (tertiary/aromatic N) is 1. The highest BCUT2D eigenvalue weighted by Gasteiger charge is 2.14. The Kier molecular flexibility index (Phi) is 10.6. The Morgan fingerprint density at radius 2 is 1.92 bits per heavy atom. The van der Waals surface area contributed by atoms with Crippen molar-refractivity contribution in [1.29, 1.82) is 0 Å². The maximum absolute atomic E-state index is 12.3. The number of carbonyl (C=O) groups excluding carboxylic acids is 1. The van der Waals surface area contributed by atoms with Crippen LogP contribution in [0.2, 0.25) is 0 Å². The molecular formula is C17H24Cl2N4O2. The first-order valence-corrected chi connectivity index (χ1v) is 7.60. The fourth-order valence-corrected chi connectivity index (χ4v) is 1.99. The molecule has 2 rings (SSSR count). The second kappa shape index (κ2) is 11.5. The largest absolute Gasteiger partial charge is 0.494 e. The number of hydrogen-bond acceptors (Lipinski definition) is 5. The van der Waals surface area contributed by atoms with Crippen LogP contribution in [0.25, 0.3) is 0 Å². The third-order valence-electron chi connectivity index (χ3n) is 3.21. The molecule has 1 aromatic carbocycles. The first kappa shape index (κ1) is 23.0. The SMILES string of the molecule is CCOc1ccc(Nc2ncccc2C(=O)N[C@@H](C)CN)cc1.Cl.Cl. The van der Waals surface area contributed by atoms with Gasteiger partial charge in [-0.05, 0) is 50.2 Å². The van der Waals surface area contributed by atoms with E-state index in [9.17, 15) is 4.79 Å². The minimum atomic E-state index is -0.204. The summed E-state index contributed by atoms with van der Waals surface area (Å²) >= 11 is 0. The fourth-order valence-electron chi connectivity index (χ4n) is 1.99. The molecule has 8 heteroatoms. The number of anilines is 2. The van der Waals surface area contributed by atoms with E-state index in [2.05, 4.69) is 15.6 Å². The number of hydrogen-bond donors (Lipinski definition) is 3. The smallest absolute Gasteiger partial charge is 0.255 e. The molecule has 0 radical (unpaired) electrons. The summed E-state index contributed by atoms with van der Waals surface area (Å²) in [5.41, 5.74) is 6.84. The van der Waals surface area contributed by atoms with E-state index in [1.54, 1.807) is 18.3 Å². The third-order valence-corrected chi connectivity index (χ3v) is 3.21. The Morgan fingerprint density at radius 1 is 1.24 bits per heavy atom. The van der Waals surface area contributed by atoms with Gasteiger partial charge in [0, 0.05) is 24.5 Å². The molecule has 0 spiro atoms. The molecule has 2 aromatic rings. The highest BCUT2D eigenvalue weighted by molar-refractivity contribution is 5.99. The molecule has 0 bridgehead atoms. The molecule has 0 fully saturated rings. The van der Waals surface area contributed by atoms with Gasteiger partial charge in [-0.25, -0.2) is 4.98 Å². The van der Waals surface area contributed by atoms with Crippen molar-refractivity contribution in [3.63, 3.8) is 0 Å². The Hall–Kier alpha value is -2.02. The third kappa shape index (κ3) is 6.78. The molecule has 4 N–H and O–H groups in total. The van der Waals surface area contributed by atoms with E-state index in [0.29, 0.717) is 24.5 Å². The lowest BCUT2D eigenvalue weighted by molar-refractivity contribution is 0.0942. The number of amides is 1. The van der Waals surface area contributed by atoms with Crippen molar-refractivity contribution in [2.24, 2.45) is 5.73 Å². The number of halogens is 2. The number of nitrogens with two attached hydrogens (primary N) is 1. The van der Waals surface area contributed by atoms with Crippen molar-refractivity contribution in [2.45, 2.75) is 19.9 Å². The summed E-state index contributed by atoms with van der Waals surface area (Å²) in [6, 6.07) is 10.8. The molecule has 138 valence electrons. The fraction of sp³-hybridized carbons (Fsp3) is 0.294. The van der Waals surface area contributed by atoms with Crippen LogP contribution in [0.5, 0.6) is 5.75 Å². The first-order chi connectivity index (χ1) is 11.1. The number of nitrogens with one attached hydrogen (secondary N) is 2. The average molecular weight is 387 g/mol. The zero-order chi connectivity index (χ0) is 16.7. The van der Waals surface area contributed by atoms with Crippen LogP contribution in [-0.4, -0.2) is 30.1 Å². The summed E-state index contributed by atoms with van der Waals surface area (Å²) in [6.45, 7) is 4.80. The number of rotatable bonds is 7. The molecule has 1 amide bonds. The Morgan fingerprint density at radius 3 is 2.52 bits per heavy atom. The van der Waals surface area contributed by atoms with Gasteiger partial charge in [0.25, 0.3) is 5.91 Å². The van der Waals surface area contributed by atoms with Crippen LogP contribution in [0.15, 0.2) is 42.6 Å². The van der Waals surface area contributed by atoms with Crippen LogP contribution in [0.4, 0.5) is 11.5 Å². The van der Waals surface area contributed by atoms with Crippen molar-refractivity contribution in [3.8, 4) is 5.75 Å². The maximum atomic E-state index is 12.3. The predicted octanol–water partition coefficient (Wildman–Crippen LogP) is 3.14. The van der Waals surface area contributed by atoms with Crippen LogP contribution in [0, 0.1) is 0 Å². The van der Waals surface area contributed by atoms with E-state index < -0.39 is 0 Å². The van der Waals surface area contributed by atoms with Gasteiger partial charge in [-0.1, -0.05) is 0 Å². The summed E-state index contributed by atoms with van der Waals surface area (Å²) < 4.78 is 5.41. The van der Waals surface area contributed by atoms with E-state index in [1.807, 2.05) is 38.1 Å². The molecule has 0 aliphatic carbocycles. The number of benzene rings is 1. The summed E-state index contributed by atoms with van der Waals surface area (Å²) in [6.07, 6.45) is 1.64. The topological polar surface area (TPSA) is 89.3 Å². The quantitative estimate of drug-likeness (QED) is 0.679. The van der Waals surface area contributed by atoms with E-state index in [4.69, 9.17) is 10.5 Å². The zero-order valence-electron chi connectivity index (χ0n) is 14.2. The van der Waals surface area contributed by atoms with Gasteiger partial charge in [0.2, 0.25) is 0 Å². The zero-order valence-corrected chi connectivity index (χ0v) is 15.8. The molecule has 0 saturated heterocycles. The van der Waals surface area contributed by atoms with Gasteiger partial charge in [-0.3, -0.25) is 4.79 Å². The number of aromatic nitrogens is 1. The predicted molar refractivity (Wildman–Crippen MR) is 106 cm³/mol. The van der Waals surface area contributed by atoms with E-state index >= 15 is 0 Å². The van der Waals surface area contributed by atoms with E-state index in [0.717, 1.165) is 11.4 Å². The lowest BCUT2D eigenvalue weighted by Gasteiger charge is -2.14. The Labute approximate surface area is 160 Å². The van der Waals surface area contributed by atoms with Crippen molar-refractivity contribution in [1.82, 2.24) is 10.3 Å². The lowest BCUT2D eigenvalue weighted by Crippen LogP contribution is -2.38. The Bertz CT molecular complexity index is 653. The molecule has 25 heavy (non-hydrogen) atoms. The Balaban J connectivity index is 0.00000288. The minimum Gasteiger partial charge on any atom is -0.494 e. The average Bonchev–Trinajstić information content (AvgIpc) is 2.57. The molecule has 1 atom stereocenters. The van der Waals surface area contributed by atoms with Crippen LogP contribution in [0.3, 0.4) is 0 Å². The van der Waals surface area contributed by atoms with Crippen molar-refractivity contribution < 1.29 is 9.53 Å². The van der Waals surface area contributed by atoms with Crippen LogP contribution < -0.4 is 21.1 Å². The standard InChI is InChI=1S/C17H22N4O2.2ClH/c1-3-23-14-8-6-13(7-9-14)21-16-15(5-4-10-19-16)17(22)20-12(2)11-18;;/h4-10,12H,3,11,18H2,1-2H3,(H,19,21)(H,20,22);2*1H/t12-;;/m0../s1. The van der Waals surface area contributed by atoms with E-state index in [-0.39, 0.29) is 36.8 Å². The number of pyridine rings is 1. The molecule has 0 aliphatic heterocycles. The highest BCUT2D eigenvalue weighted by Crippen LogP contribution is 2.21. The van der Waals surface area contributed by atoms with Gasteiger partial charge in [0.1, 0.15) is 11.6 Å². The number of ether oxygens (including phenoxy) is 1.